The van der Waals surface area contributed by atoms with Crippen molar-refractivity contribution >= 4 is 34.0 Å². The number of nitrogens with two attached hydrogens (primary N) is 1. The lowest BCUT2D eigenvalue weighted by atomic mass is 10.1. The normalized spacial score (nSPS) is 10.9. The van der Waals surface area contributed by atoms with Gasteiger partial charge in [-0.05, 0) is 40.5 Å². The number of hydrogen-bond acceptors (Lipinski definition) is 1. The summed E-state index contributed by atoms with van der Waals surface area (Å²) in [4.78, 5) is 0. The molecule has 0 heterocycles. The van der Waals surface area contributed by atoms with Gasteiger partial charge in [0.2, 0.25) is 0 Å². The number of hydrogen-bond donors (Lipinski definition) is 1. The van der Waals surface area contributed by atoms with Crippen LogP contribution in [0, 0.1) is 6.92 Å². The fraction of sp³-hybridized carbons (Fsp3) is 0.250. The zero-order valence-corrected chi connectivity index (χ0v) is 9.55. The predicted molar refractivity (Wildman–Crippen MR) is 55.5 cm³/mol. The molecule has 0 unspecified atom stereocenters. The summed E-state index contributed by atoms with van der Waals surface area (Å²) in [5, 5.41) is 0. The maximum absolute atomic E-state index is 12.2. The molecule has 80 valence electrons. The summed E-state index contributed by atoms with van der Waals surface area (Å²) in [5.74, 6) is 0. The molecular weight excluding hydrogens is 282 g/mol. The van der Waals surface area contributed by atoms with Gasteiger partial charge in [-0.15, -0.1) is 12.4 Å². The number of halogens is 5. The lowest BCUT2D eigenvalue weighted by molar-refractivity contribution is -0.137. The molecule has 2 N–H and O–H groups in total. The highest BCUT2D eigenvalue weighted by Gasteiger charge is 2.31. The largest absolute Gasteiger partial charge is 0.416 e. The van der Waals surface area contributed by atoms with E-state index in [9.17, 15) is 13.2 Å². The van der Waals surface area contributed by atoms with Gasteiger partial charge in [0, 0.05) is 10.2 Å². The first-order chi connectivity index (χ1) is 5.82. The fourth-order valence-electron chi connectivity index (χ4n) is 0.961. The summed E-state index contributed by atoms with van der Waals surface area (Å²) in [7, 11) is 0. The number of alkyl halides is 3. The molecule has 0 saturated heterocycles. The molecule has 0 aliphatic rings. The third-order valence-electron chi connectivity index (χ3n) is 1.61. The zero-order chi connectivity index (χ0) is 10.2. The molecule has 1 rings (SSSR count). The number of benzene rings is 1. The SMILES string of the molecule is Cc1cc(C(F)(F)F)cc(N)c1Br.Cl. The van der Waals surface area contributed by atoms with Crippen LogP contribution in [0.3, 0.4) is 0 Å². The highest BCUT2D eigenvalue weighted by atomic mass is 79.9. The first-order valence-corrected chi connectivity index (χ1v) is 4.24. The molecule has 6 heteroatoms. The van der Waals surface area contributed by atoms with E-state index in [0.29, 0.717) is 10.0 Å². The van der Waals surface area contributed by atoms with Crippen molar-refractivity contribution in [2.45, 2.75) is 13.1 Å². The van der Waals surface area contributed by atoms with Gasteiger partial charge in [-0.2, -0.15) is 13.2 Å². The van der Waals surface area contributed by atoms with Crippen LogP contribution in [0.4, 0.5) is 18.9 Å². The van der Waals surface area contributed by atoms with Gasteiger partial charge < -0.3 is 5.73 Å². The van der Waals surface area contributed by atoms with E-state index < -0.39 is 11.7 Å². The molecule has 1 aromatic carbocycles. The topological polar surface area (TPSA) is 26.0 Å². The molecule has 0 aromatic heterocycles. The van der Waals surface area contributed by atoms with E-state index in [2.05, 4.69) is 15.9 Å². The monoisotopic (exact) mass is 289 g/mol. The summed E-state index contributed by atoms with van der Waals surface area (Å²) in [5.41, 5.74) is 5.24. The van der Waals surface area contributed by atoms with Crippen LogP contribution in [-0.2, 0) is 6.18 Å². The Labute approximate surface area is 94.0 Å². The van der Waals surface area contributed by atoms with E-state index >= 15 is 0 Å². The Morgan fingerprint density at radius 2 is 1.79 bits per heavy atom. The summed E-state index contributed by atoms with van der Waals surface area (Å²) < 4.78 is 37.1. The number of anilines is 1. The molecule has 0 bridgehead atoms. The van der Waals surface area contributed by atoms with Crippen LogP contribution in [0.5, 0.6) is 0 Å². The van der Waals surface area contributed by atoms with Crippen LogP contribution in [0.2, 0.25) is 0 Å². The molecule has 0 aliphatic heterocycles. The van der Waals surface area contributed by atoms with Gasteiger partial charge in [0.15, 0.2) is 0 Å². The minimum Gasteiger partial charge on any atom is -0.398 e. The molecule has 0 radical (unpaired) electrons. The minimum atomic E-state index is -4.33. The van der Waals surface area contributed by atoms with Crippen molar-refractivity contribution in [2.24, 2.45) is 0 Å². The van der Waals surface area contributed by atoms with Crippen molar-refractivity contribution in [1.82, 2.24) is 0 Å². The molecule has 0 saturated carbocycles. The summed E-state index contributed by atoms with van der Waals surface area (Å²) >= 11 is 3.09. The predicted octanol–water partition coefficient (Wildman–Crippen LogP) is 3.78. The van der Waals surface area contributed by atoms with E-state index in [0.717, 1.165) is 12.1 Å². The van der Waals surface area contributed by atoms with Crippen LogP contribution in [0.25, 0.3) is 0 Å². The number of aryl methyl sites for hydroxylation is 1. The van der Waals surface area contributed by atoms with Crippen molar-refractivity contribution < 1.29 is 13.2 Å². The van der Waals surface area contributed by atoms with Gasteiger partial charge >= 0.3 is 6.18 Å². The Bertz CT molecular complexity index is 315. The molecule has 0 fully saturated rings. The second-order valence-electron chi connectivity index (χ2n) is 2.69. The van der Waals surface area contributed by atoms with E-state index in [4.69, 9.17) is 5.73 Å². The summed E-state index contributed by atoms with van der Waals surface area (Å²) in [6.07, 6.45) is -4.33. The van der Waals surface area contributed by atoms with Crippen LogP contribution in [-0.4, -0.2) is 0 Å². The second kappa shape index (κ2) is 4.40. The third kappa shape index (κ3) is 2.78. The van der Waals surface area contributed by atoms with Gasteiger partial charge in [0.25, 0.3) is 0 Å². The smallest absolute Gasteiger partial charge is 0.398 e. The van der Waals surface area contributed by atoms with Gasteiger partial charge in [0.1, 0.15) is 0 Å². The maximum atomic E-state index is 12.2. The summed E-state index contributed by atoms with van der Waals surface area (Å²) in [6.45, 7) is 1.57. The van der Waals surface area contributed by atoms with Gasteiger partial charge in [-0.25, -0.2) is 0 Å². The van der Waals surface area contributed by atoms with Crippen molar-refractivity contribution in [1.29, 1.82) is 0 Å². The van der Waals surface area contributed by atoms with Gasteiger partial charge in [0.05, 0.1) is 5.56 Å². The summed E-state index contributed by atoms with van der Waals surface area (Å²) in [6, 6.07) is 1.97. The zero-order valence-electron chi connectivity index (χ0n) is 7.15. The molecule has 1 nitrogen and oxygen atoms in total. The van der Waals surface area contributed by atoms with Crippen molar-refractivity contribution in [2.75, 3.05) is 5.73 Å². The highest BCUT2D eigenvalue weighted by Crippen LogP contribution is 2.34. The number of rotatable bonds is 0. The highest BCUT2D eigenvalue weighted by molar-refractivity contribution is 9.10. The van der Waals surface area contributed by atoms with Crippen LogP contribution in [0.15, 0.2) is 16.6 Å². The van der Waals surface area contributed by atoms with E-state index in [1.165, 1.54) is 0 Å². The second-order valence-corrected chi connectivity index (χ2v) is 3.49. The Morgan fingerprint density at radius 1 is 1.29 bits per heavy atom. The first kappa shape index (κ1) is 13.6. The van der Waals surface area contributed by atoms with Gasteiger partial charge in [-0.1, -0.05) is 0 Å². The fourth-order valence-corrected chi connectivity index (χ4v) is 1.19. The average Bonchev–Trinajstić information content (AvgIpc) is 1.97. The van der Waals surface area contributed by atoms with Gasteiger partial charge in [-0.3, -0.25) is 0 Å². The molecule has 14 heavy (non-hydrogen) atoms. The average molecular weight is 291 g/mol. The van der Waals surface area contributed by atoms with Crippen molar-refractivity contribution in [3.63, 3.8) is 0 Å². The van der Waals surface area contributed by atoms with Crippen molar-refractivity contribution in [3.8, 4) is 0 Å². The van der Waals surface area contributed by atoms with E-state index in [-0.39, 0.29) is 18.1 Å². The Hall–Kier alpha value is -0.420. The Kier molecular flexibility index (Phi) is 4.27. The molecule has 1 aromatic rings. The lowest BCUT2D eigenvalue weighted by Gasteiger charge is -2.10. The van der Waals surface area contributed by atoms with Crippen LogP contribution < -0.4 is 5.73 Å². The maximum Gasteiger partial charge on any atom is 0.416 e. The molecule has 0 atom stereocenters. The molecular formula is C8H8BrClF3N. The van der Waals surface area contributed by atoms with E-state index in [1.54, 1.807) is 6.92 Å². The van der Waals surface area contributed by atoms with E-state index in [1.807, 2.05) is 0 Å². The lowest BCUT2D eigenvalue weighted by Crippen LogP contribution is -2.06. The van der Waals surface area contributed by atoms with Crippen LogP contribution in [0.1, 0.15) is 11.1 Å². The van der Waals surface area contributed by atoms with Crippen LogP contribution >= 0.6 is 28.3 Å². The Morgan fingerprint density at radius 3 is 2.14 bits per heavy atom. The van der Waals surface area contributed by atoms with Crippen molar-refractivity contribution in [3.05, 3.63) is 27.7 Å². The molecule has 0 aliphatic carbocycles. The standard InChI is InChI=1S/C8H7BrF3N.ClH/c1-4-2-5(8(10,11)12)3-6(13)7(4)9;/h2-3H,13H2,1H3;1H. The molecule has 0 amide bonds. The molecule has 0 spiro atoms. The Balaban J connectivity index is 0.00000169. The third-order valence-corrected chi connectivity index (χ3v) is 2.69. The first-order valence-electron chi connectivity index (χ1n) is 3.45. The number of nitrogen functional groups attached to an aromatic ring is 1. The quantitative estimate of drug-likeness (QED) is 0.723. The minimum absolute atomic E-state index is 0.